The van der Waals surface area contributed by atoms with Crippen molar-refractivity contribution in [3.05, 3.63) is 5.73 Å². The summed E-state index contributed by atoms with van der Waals surface area (Å²) in [7, 11) is 0. The van der Waals surface area contributed by atoms with Gasteiger partial charge in [0.2, 0.25) is 0 Å². The van der Waals surface area contributed by atoms with E-state index in [1.54, 1.807) is 0 Å². The summed E-state index contributed by atoms with van der Waals surface area (Å²) in [5, 5.41) is 14.7. The fraction of sp³-hybridized carbons (Fsp3) is 0.800. The van der Waals surface area contributed by atoms with Crippen molar-refractivity contribution in [1.29, 1.82) is 0 Å². The Morgan fingerprint density at radius 2 is 2.25 bits per heavy atom. The number of nitrogens with one attached hydrogen (secondary N) is 1. The average Bonchev–Trinajstić information content (AvgIpc) is 2.66. The molecule has 1 saturated carbocycles. The Bertz CT molecular complexity index is 319. The SMILES string of the molecule is CC(C)C1=NOC2C(C(=O)[O-])CC([NH-])C12.[W]. The van der Waals surface area contributed by atoms with Gasteiger partial charge >= 0.3 is 0 Å². The van der Waals surface area contributed by atoms with Gasteiger partial charge in [0.15, 0.2) is 0 Å². The number of oxime groups is 1. The van der Waals surface area contributed by atoms with Gasteiger partial charge in [-0.05, 0) is 5.92 Å². The minimum atomic E-state index is -1.13. The summed E-state index contributed by atoms with van der Waals surface area (Å²) in [6, 6.07) is -0.429. The Balaban J connectivity index is 0.00000128. The molecule has 0 amide bonds. The van der Waals surface area contributed by atoms with Crippen LogP contribution in [0.25, 0.3) is 5.73 Å². The molecule has 1 fully saturated rings. The third kappa shape index (κ3) is 2.03. The Labute approximate surface area is 109 Å². The molecule has 16 heavy (non-hydrogen) atoms. The molecule has 2 aliphatic rings. The van der Waals surface area contributed by atoms with Crippen molar-refractivity contribution in [2.75, 3.05) is 0 Å². The smallest absolute Gasteiger partial charge is 0.142 e. The van der Waals surface area contributed by atoms with Gasteiger partial charge in [-0.2, -0.15) is 0 Å². The number of carboxylic acid groups (broad SMARTS) is 1. The zero-order valence-electron chi connectivity index (χ0n) is 9.17. The van der Waals surface area contributed by atoms with E-state index in [0.717, 1.165) is 5.71 Å². The number of carbonyl (C=O) groups excluding carboxylic acids is 1. The van der Waals surface area contributed by atoms with Crippen molar-refractivity contribution in [3.63, 3.8) is 0 Å². The van der Waals surface area contributed by atoms with Crippen LogP contribution in [0, 0.1) is 17.8 Å². The summed E-state index contributed by atoms with van der Waals surface area (Å²) in [5.74, 6) is -1.77. The minimum absolute atomic E-state index is 0. The third-order valence-corrected chi connectivity index (χ3v) is 3.21. The van der Waals surface area contributed by atoms with Gasteiger partial charge in [0.25, 0.3) is 0 Å². The number of aliphatic carboxylic acids is 1. The molecule has 90 valence electrons. The fourth-order valence-corrected chi connectivity index (χ4v) is 2.45. The first-order valence-corrected chi connectivity index (χ1v) is 5.18. The second-order valence-corrected chi connectivity index (χ2v) is 4.53. The molecule has 0 saturated heterocycles. The summed E-state index contributed by atoms with van der Waals surface area (Å²) in [5.41, 5.74) is 8.68. The molecule has 2 rings (SSSR count). The maximum Gasteiger partial charge on any atom is 0.142 e. The molecule has 0 aromatic rings. The van der Waals surface area contributed by atoms with Crippen molar-refractivity contribution >= 4 is 11.7 Å². The van der Waals surface area contributed by atoms with Crippen LogP contribution in [-0.4, -0.2) is 23.8 Å². The van der Waals surface area contributed by atoms with Crippen LogP contribution in [0.5, 0.6) is 0 Å². The van der Waals surface area contributed by atoms with Crippen molar-refractivity contribution in [2.45, 2.75) is 32.4 Å². The monoisotopic (exact) mass is 394 g/mol. The predicted octanol–water partition coefficient (Wildman–Crippen LogP) is 0.201. The molecule has 4 unspecified atom stereocenters. The second kappa shape index (κ2) is 4.84. The molecule has 0 radical (unpaired) electrons. The molecule has 1 aliphatic heterocycles. The Morgan fingerprint density at radius 1 is 1.62 bits per heavy atom. The molecule has 4 atom stereocenters. The fourth-order valence-electron chi connectivity index (χ4n) is 2.45. The average molecular weight is 394 g/mol. The zero-order chi connectivity index (χ0) is 11.2. The molecule has 1 N–H and O–H groups in total. The summed E-state index contributed by atoms with van der Waals surface area (Å²) in [6.07, 6.45) is -0.168. The Morgan fingerprint density at radius 3 is 2.75 bits per heavy atom. The minimum Gasteiger partial charge on any atom is -0.674 e. The molecule has 5 nitrogen and oxygen atoms in total. The maximum atomic E-state index is 10.8. The van der Waals surface area contributed by atoms with Crippen molar-refractivity contribution < 1.29 is 35.8 Å². The van der Waals surface area contributed by atoms with Crippen LogP contribution >= 0.6 is 0 Å². The molecule has 0 aromatic carbocycles. The van der Waals surface area contributed by atoms with Crippen LogP contribution in [-0.2, 0) is 30.7 Å². The Hall–Kier alpha value is -0.412. The van der Waals surface area contributed by atoms with Gasteiger partial charge in [-0.15, -0.1) is 6.04 Å². The number of hydrogen-bond donors (Lipinski definition) is 0. The third-order valence-electron chi connectivity index (χ3n) is 3.21. The van der Waals surface area contributed by atoms with Gasteiger partial charge in [-0.25, -0.2) is 0 Å². The van der Waals surface area contributed by atoms with E-state index in [-0.39, 0.29) is 32.9 Å². The first-order valence-electron chi connectivity index (χ1n) is 5.18. The van der Waals surface area contributed by atoms with Crippen LogP contribution in [0.2, 0.25) is 0 Å². The number of rotatable bonds is 2. The van der Waals surface area contributed by atoms with Gasteiger partial charge in [-0.1, -0.05) is 25.4 Å². The van der Waals surface area contributed by atoms with Gasteiger partial charge in [0.05, 0.1) is 5.71 Å². The number of fused-ring (bicyclic) bond motifs is 1. The van der Waals surface area contributed by atoms with E-state index >= 15 is 0 Å². The van der Waals surface area contributed by atoms with E-state index in [0.29, 0.717) is 6.42 Å². The summed E-state index contributed by atoms with van der Waals surface area (Å²) < 4.78 is 0. The number of carboxylic acids is 1. The van der Waals surface area contributed by atoms with E-state index in [1.807, 2.05) is 13.8 Å². The molecular formula is C10H14N2O3W-2. The summed E-state index contributed by atoms with van der Waals surface area (Å²) in [4.78, 5) is 16.0. The predicted molar refractivity (Wildman–Crippen MR) is 51.9 cm³/mol. The van der Waals surface area contributed by atoms with E-state index < -0.39 is 24.0 Å². The Kier molecular flexibility index (Phi) is 4.13. The zero-order valence-corrected chi connectivity index (χ0v) is 12.1. The van der Waals surface area contributed by atoms with Gasteiger partial charge in [-0.3, -0.25) is 0 Å². The molecular weight excluding hydrogens is 380 g/mol. The number of nitrogens with zero attached hydrogens (tertiary/aromatic N) is 1. The van der Waals surface area contributed by atoms with Crippen molar-refractivity contribution in [3.8, 4) is 0 Å². The maximum absolute atomic E-state index is 10.8. The van der Waals surface area contributed by atoms with Gasteiger partial charge in [0, 0.05) is 38.9 Å². The molecule has 0 bridgehead atoms. The van der Waals surface area contributed by atoms with Crippen LogP contribution in [0.15, 0.2) is 5.16 Å². The van der Waals surface area contributed by atoms with E-state index in [4.69, 9.17) is 10.6 Å². The topological polar surface area (TPSA) is 85.5 Å². The number of carbonyl (C=O) groups is 1. The molecule has 1 aliphatic carbocycles. The van der Waals surface area contributed by atoms with E-state index in [2.05, 4.69) is 5.16 Å². The quantitative estimate of drug-likeness (QED) is 0.671. The second-order valence-electron chi connectivity index (χ2n) is 4.53. The van der Waals surface area contributed by atoms with Gasteiger partial charge < -0.3 is 20.5 Å². The normalized spacial score (nSPS) is 36.4. The largest absolute Gasteiger partial charge is 0.674 e. The van der Waals surface area contributed by atoms with Crippen LogP contribution in [0.3, 0.4) is 0 Å². The summed E-state index contributed by atoms with van der Waals surface area (Å²) >= 11 is 0. The standard InChI is InChI=1S/C10H15N2O3.W/c1-4(2)8-7-6(11)3-5(10(13)14)9(7)15-12-8;/h4-7,9,11H,3H2,1-2H3,(H,13,14);/q-1;/p-1. The molecule has 0 aromatic heterocycles. The van der Waals surface area contributed by atoms with Crippen LogP contribution in [0.1, 0.15) is 20.3 Å². The first-order chi connectivity index (χ1) is 7.02. The van der Waals surface area contributed by atoms with Gasteiger partial charge in [0.1, 0.15) is 6.10 Å². The molecule has 1 heterocycles. The molecule has 0 spiro atoms. The van der Waals surface area contributed by atoms with Crippen LogP contribution < -0.4 is 5.11 Å². The summed E-state index contributed by atoms with van der Waals surface area (Å²) in [6.45, 7) is 3.95. The van der Waals surface area contributed by atoms with Crippen molar-refractivity contribution in [2.24, 2.45) is 22.9 Å². The first kappa shape index (κ1) is 13.7. The number of hydrogen-bond acceptors (Lipinski definition) is 4. The van der Waals surface area contributed by atoms with E-state index in [1.165, 1.54) is 0 Å². The van der Waals surface area contributed by atoms with Crippen molar-refractivity contribution in [1.82, 2.24) is 0 Å². The molecule has 6 heteroatoms. The van der Waals surface area contributed by atoms with E-state index in [9.17, 15) is 9.90 Å². The van der Waals surface area contributed by atoms with Crippen LogP contribution in [0.4, 0.5) is 0 Å².